The third kappa shape index (κ3) is 3.86. The molecule has 0 saturated carbocycles. The number of ether oxygens (including phenoxy) is 1. The van der Waals surface area contributed by atoms with Crippen LogP contribution in [0.1, 0.15) is 34.7 Å². The molecule has 4 aromatic rings. The maximum atomic E-state index is 12.6. The zero-order chi connectivity index (χ0) is 19.3. The lowest BCUT2D eigenvalue weighted by Gasteiger charge is -2.13. The fourth-order valence-corrected chi connectivity index (χ4v) is 2.94. The molecule has 0 aliphatic rings. The lowest BCUT2D eigenvalue weighted by atomic mass is 10.1. The number of nitrogens with one attached hydrogen (secondary N) is 1. The summed E-state index contributed by atoms with van der Waals surface area (Å²) in [5.74, 6) is 1.35. The van der Waals surface area contributed by atoms with Gasteiger partial charge in [-0.3, -0.25) is 9.20 Å². The molecule has 2 heterocycles. The Morgan fingerprint density at radius 1 is 1.00 bits per heavy atom. The first-order valence-corrected chi connectivity index (χ1v) is 9.08. The van der Waals surface area contributed by atoms with Crippen LogP contribution < -0.4 is 10.1 Å². The molecule has 0 radical (unpaired) electrons. The fourth-order valence-electron chi connectivity index (χ4n) is 2.94. The van der Waals surface area contributed by atoms with E-state index in [1.165, 1.54) is 0 Å². The van der Waals surface area contributed by atoms with Crippen LogP contribution >= 0.6 is 0 Å². The number of benzene rings is 2. The van der Waals surface area contributed by atoms with Crippen molar-refractivity contribution in [3.05, 3.63) is 95.9 Å². The second kappa shape index (κ2) is 7.92. The maximum Gasteiger partial charge on any atom is 0.251 e. The number of nitrogens with zero attached hydrogens (tertiary/aromatic N) is 3. The largest absolute Gasteiger partial charge is 0.489 e. The van der Waals surface area contributed by atoms with E-state index in [0.29, 0.717) is 18.0 Å². The molecule has 6 nitrogen and oxygen atoms in total. The molecule has 2 aromatic heterocycles. The quantitative estimate of drug-likeness (QED) is 0.559. The summed E-state index contributed by atoms with van der Waals surface area (Å²) in [7, 11) is 0. The Morgan fingerprint density at radius 2 is 1.75 bits per heavy atom. The molecular weight excluding hydrogens is 352 g/mol. The molecule has 0 aliphatic carbocycles. The number of pyridine rings is 1. The van der Waals surface area contributed by atoms with Gasteiger partial charge in [0.2, 0.25) is 0 Å². The number of hydrogen-bond acceptors (Lipinski definition) is 4. The van der Waals surface area contributed by atoms with Gasteiger partial charge in [0.15, 0.2) is 11.5 Å². The minimum absolute atomic E-state index is 0.157. The van der Waals surface area contributed by atoms with Gasteiger partial charge in [-0.25, -0.2) is 0 Å². The molecule has 1 atom stereocenters. The first-order valence-electron chi connectivity index (χ1n) is 9.08. The standard InChI is InChI=1S/C22H20N4O2/c1-16(21-25-24-20-9-5-6-14-26(20)21)23-22(27)18-12-10-17(11-13-18)15-28-19-7-3-2-4-8-19/h2-14,16H,15H2,1H3,(H,23,27). The SMILES string of the molecule is CC(NC(=O)c1ccc(COc2ccccc2)cc1)c1nnc2ccccn12. The Kier molecular flexibility index (Phi) is 5.01. The van der Waals surface area contributed by atoms with Crippen LogP contribution in [0.4, 0.5) is 0 Å². The van der Waals surface area contributed by atoms with Crippen LogP contribution in [0.5, 0.6) is 5.75 Å². The summed E-state index contributed by atoms with van der Waals surface area (Å²) in [6, 6.07) is 22.5. The Hall–Kier alpha value is -3.67. The molecule has 0 fully saturated rings. The van der Waals surface area contributed by atoms with E-state index in [2.05, 4.69) is 15.5 Å². The van der Waals surface area contributed by atoms with Gasteiger partial charge in [0.25, 0.3) is 5.91 Å². The highest BCUT2D eigenvalue weighted by Gasteiger charge is 2.16. The summed E-state index contributed by atoms with van der Waals surface area (Å²) < 4.78 is 7.60. The Morgan fingerprint density at radius 3 is 2.54 bits per heavy atom. The molecule has 1 unspecified atom stereocenters. The summed E-state index contributed by atoms with van der Waals surface area (Å²) in [6.07, 6.45) is 1.88. The molecule has 1 N–H and O–H groups in total. The number of fused-ring (bicyclic) bond motifs is 1. The predicted octanol–water partition coefficient (Wildman–Crippen LogP) is 3.80. The van der Waals surface area contributed by atoms with Crippen molar-refractivity contribution >= 4 is 11.6 Å². The third-order valence-corrected chi connectivity index (χ3v) is 4.44. The predicted molar refractivity (Wildman–Crippen MR) is 106 cm³/mol. The number of hydrogen-bond donors (Lipinski definition) is 1. The third-order valence-electron chi connectivity index (χ3n) is 4.44. The number of carbonyl (C=O) groups is 1. The summed E-state index contributed by atoms with van der Waals surface area (Å²) in [5, 5.41) is 11.3. The summed E-state index contributed by atoms with van der Waals surface area (Å²) in [4.78, 5) is 12.6. The molecule has 0 spiro atoms. The second-order valence-electron chi connectivity index (χ2n) is 6.48. The average molecular weight is 372 g/mol. The van der Waals surface area contributed by atoms with E-state index in [4.69, 9.17) is 4.74 Å². The summed E-state index contributed by atoms with van der Waals surface area (Å²) in [6.45, 7) is 2.34. The molecular formula is C22H20N4O2. The van der Waals surface area contributed by atoms with E-state index in [-0.39, 0.29) is 11.9 Å². The van der Waals surface area contributed by atoms with Gasteiger partial charge in [0.1, 0.15) is 12.4 Å². The van der Waals surface area contributed by atoms with Gasteiger partial charge in [-0.15, -0.1) is 10.2 Å². The lowest BCUT2D eigenvalue weighted by Crippen LogP contribution is -2.28. The summed E-state index contributed by atoms with van der Waals surface area (Å²) >= 11 is 0. The van der Waals surface area contributed by atoms with Crippen LogP contribution in [0.25, 0.3) is 5.65 Å². The topological polar surface area (TPSA) is 68.5 Å². The van der Waals surface area contributed by atoms with Gasteiger partial charge in [0, 0.05) is 11.8 Å². The zero-order valence-electron chi connectivity index (χ0n) is 15.4. The van der Waals surface area contributed by atoms with Crippen LogP contribution in [0, 0.1) is 0 Å². The van der Waals surface area contributed by atoms with Crippen molar-refractivity contribution < 1.29 is 9.53 Å². The average Bonchev–Trinajstić information content (AvgIpc) is 3.18. The fraction of sp³-hybridized carbons (Fsp3) is 0.136. The second-order valence-corrected chi connectivity index (χ2v) is 6.48. The van der Waals surface area contributed by atoms with Crippen LogP contribution in [-0.4, -0.2) is 20.5 Å². The number of amides is 1. The van der Waals surface area contributed by atoms with Gasteiger partial charge in [-0.2, -0.15) is 0 Å². The van der Waals surface area contributed by atoms with Crippen molar-refractivity contribution in [3.63, 3.8) is 0 Å². The van der Waals surface area contributed by atoms with Crippen LogP contribution in [0.3, 0.4) is 0 Å². The molecule has 6 heteroatoms. The molecule has 0 bridgehead atoms. The van der Waals surface area contributed by atoms with Crippen molar-refractivity contribution in [3.8, 4) is 5.75 Å². The van der Waals surface area contributed by atoms with Crippen LogP contribution in [0.15, 0.2) is 79.0 Å². The van der Waals surface area contributed by atoms with Crippen molar-refractivity contribution in [2.75, 3.05) is 0 Å². The molecule has 28 heavy (non-hydrogen) atoms. The normalized spacial score (nSPS) is 11.9. The first kappa shape index (κ1) is 17.7. The van der Waals surface area contributed by atoms with Crippen molar-refractivity contribution in [2.24, 2.45) is 0 Å². The number of aromatic nitrogens is 3. The Bertz CT molecular complexity index is 1070. The molecule has 0 saturated heterocycles. The minimum Gasteiger partial charge on any atom is -0.489 e. The van der Waals surface area contributed by atoms with Gasteiger partial charge >= 0.3 is 0 Å². The number of rotatable bonds is 6. The van der Waals surface area contributed by atoms with E-state index in [0.717, 1.165) is 17.0 Å². The molecule has 1 amide bonds. The van der Waals surface area contributed by atoms with Gasteiger partial charge in [-0.05, 0) is 48.9 Å². The highest BCUT2D eigenvalue weighted by Crippen LogP contribution is 2.15. The highest BCUT2D eigenvalue weighted by molar-refractivity contribution is 5.94. The van der Waals surface area contributed by atoms with Gasteiger partial charge < -0.3 is 10.1 Å². The lowest BCUT2D eigenvalue weighted by molar-refractivity contribution is 0.0938. The van der Waals surface area contributed by atoms with Crippen molar-refractivity contribution in [2.45, 2.75) is 19.6 Å². The molecule has 0 aliphatic heterocycles. The zero-order valence-corrected chi connectivity index (χ0v) is 15.4. The smallest absolute Gasteiger partial charge is 0.251 e. The van der Waals surface area contributed by atoms with E-state index in [9.17, 15) is 4.79 Å². The highest BCUT2D eigenvalue weighted by atomic mass is 16.5. The van der Waals surface area contributed by atoms with E-state index in [1.54, 1.807) is 12.1 Å². The Labute approximate surface area is 162 Å². The van der Waals surface area contributed by atoms with E-state index >= 15 is 0 Å². The van der Waals surface area contributed by atoms with Crippen molar-refractivity contribution in [1.82, 2.24) is 19.9 Å². The van der Waals surface area contributed by atoms with E-state index in [1.807, 2.05) is 78.2 Å². The minimum atomic E-state index is -0.272. The van der Waals surface area contributed by atoms with Crippen molar-refractivity contribution in [1.29, 1.82) is 0 Å². The number of carbonyl (C=O) groups excluding carboxylic acids is 1. The number of para-hydroxylation sites is 1. The summed E-state index contributed by atoms with van der Waals surface area (Å²) in [5.41, 5.74) is 2.34. The van der Waals surface area contributed by atoms with Gasteiger partial charge in [0.05, 0.1) is 6.04 Å². The first-order chi connectivity index (χ1) is 13.7. The van der Waals surface area contributed by atoms with Crippen LogP contribution in [0.2, 0.25) is 0 Å². The Balaban J connectivity index is 1.39. The monoisotopic (exact) mass is 372 g/mol. The van der Waals surface area contributed by atoms with Crippen LogP contribution in [-0.2, 0) is 6.61 Å². The molecule has 140 valence electrons. The molecule has 4 rings (SSSR count). The molecule has 2 aromatic carbocycles. The van der Waals surface area contributed by atoms with E-state index < -0.39 is 0 Å². The van der Waals surface area contributed by atoms with Gasteiger partial charge in [-0.1, -0.05) is 36.4 Å². The maximum absolute atomic E-state index is 12.6.